The number of nitrogens with two attached hydrogens (primary N) is 1. The number of aromatic nitrogens is 2. The SMILES string of the molecule is NCc1ccc(-n2ncc3ccccc32)c(F)c1. The molecule has 1 heterocycles. The molecule has 0 spiro atoms. The van der Waals surface area contributed by atoms with E-state index in [1.807, 2.05) is 30.3 Å². The maximum absolute atomic E-state index is 14.0. The van der Waals surface area contributed by atoms with Crippen molar-refractivity contribution in [3.05, 3.63) is 60.0 Å². The average molecular weight is 241 g/mol. The van der Waals surface area contributed by atoms with Gasteiger partial charge >= 0.3 is 0 Å². The summed E-state index contributed by atoms with van der Waals surface area (Å²) >= 11 is 0. The summed E-state index contributed by atoms with van der Waals surface area (Å²) in [5.41, 5.74) is 7.58. The normalized spacial score (nSPS) is 11.0. The Morgan fingerprint density at radius 3 is 2.78 bits per heavy atom. The van der Waals surface area contributed by atoms with Gasteiger partial charge < -0.3 is 5.73 Å². The minimum atomic E-state index is -0.313. The van der Waals surface area contributed by atoms with Gasteiger partial charge in [-0.25, -0.2) is 9.07 Å². The van der Waals surface area contributed by atoms with E-state index in [1.165, 1.54) is 6.07 Å². The van der Waals surface area contributed by atoms with Gasteiger partial charge in [-0.2, -0.15) is 5.10 Å². The van der Waals surface area contributed by atoms with E-state index >= 15 is 0 Å². The number of para-hydroxylation sites is 1. The fourth-order valence-corrected chi connectivity index (χ4v) is 2.01. The number of rotatable bonds is 2. The van der Waals surface area contributed by atoms with E-state index in [0.717, 1.165) is 16.5 Å². The fourth-order valence-electron chi connectivity index (χ4n) is 2.01. The Morgan fingerprint density at radius 2 is 2.00 bits per heavy atom. The first-order valence-corrected chi connectivity index (χ1v) is 5.71. The number of hydrogen-bond acceptors (Lipinski definition) is 2. The summed E-state index contributed by atoms with van der Waals surface area (Å²) in [6.07, 6.45) is 1.73. The molecule has 0 aliphatic heterocycles. The molecule has 0 amide bonds. The maximum atomic E-state index is 14.0. The molecule has 4 heteroatoms. The Morgan fingerprint density at radius 1 is 1.17 bits per heavy atom. The summed E-state index contributed by atoms with van der Waals surface area (Å²) in [4.78, 5) is 0. The van der Waals surface area contributed by atoms with Crippen LogP contribution in [0, 0.1) is 5.82 Å². The van der Waals surface area contributed by atoms with Crippen molar-refractivity contribution >= 4 is 10.9 Å². The molecular formula is C14H12FN3. The van der Waals surface area contributed by atoms with E-state index in [0.29, 0.717) is 12.2 Å². The summed E-state index contributed by atoms with van der Waals surface area (Å²) in [5, 5.41) is 5.21. The predicted molar refractivity (Wildman–Crippen MR) is 68.9 cm³/mol. The van der Waals surface area contributed by atoms with Gasteiger partial charge in [0, 0.05) is 11.9 Å². The molecule has 1 aromatic heterocycles. The summed E-state index contributed by atoms with van der Waals surface area (Å²) < 4.78 is 15.6. The van der Waals surface area contributed by atoms with Crippen molar-refractivity contribution in [1.82, 2.24) is 9.78 Å². The lowest BCUT2D eigenvalue weighted by molar-refractivity contribution is 0.611. The molecule has 2 aromatic carbocycles. The van der Waals surface area contributed by atoms with Gasteiger partial charge in [-0.3, -0.25) is 0 Å². The largest absolute Gasteiger partial charge is 0.326 e. The molecular weight excluding hydrogens is 229 g/mol. The van der Waals surface area contributed by atoms with Crippen molar-refractivity contribution in [3.63, 3.8) is 0 Å². The first kappa shape index (κ1) is 10.9. The zero-order chi connectivity index (χ0) is 12.5. The minimum Gasteiger partial charge on any atom is -0.326 e. The maximum Gasteiger partial charge on any atom is 0.149 e. The van der Waals surface area contributed by atoms with E-state index < -0.39 is 0 Å². The molecule has 90 valence electrons. The molecule has 0 bridgehead atoms. The second kappa shape index (κ2) is 4.23. The van der Waals surface area contributed by atoms with E-state index in [4.69, 9.17) is 5.73 Å². The molecule has 0 aliphatic rings. The third kappa shape index (κ3) is 1.67. The first-order valence-electron chi connectivity index (χ1n) is 5.71. The zero-order valence-corrected chi connectivity index (χ0v) is 9.68. The third-order valence-electron chi connectivity index (χ3n) is 2.95. The van der Waals surface area contributed by atoms with Gasteiger partial charge in [0.2, 0.25) is 0 Å². The topological polar surface area (TPSA) is 43.8 Å². The molecule has 0 saturated carbocycles. The van der Waals surface area contributed by atoms with E-state index in [2.05, 4.69) is 5.10 Å². The van der Waals surface area contributed by atoms with Gasteiger partial charge in [-0.15, -0.1) is 0 Å². The predicted octanol–water partition coefficient (Wildman–Crippen LogP) is 2.62. The average Bonchev–Trinajstić information content (AvgIpc) is 2.82. The van der Waals surface area contributed by atoms with Crippen molar-refractivity contribution < 1.29 is 4.39 Å². The van der Waals surface area contributed by atoms with Crippen LogP contribution in [0.15, 0.2) is 48.7 Å². The van der Waals surface area contributed by atoms with Crippen LogP contribution < -0.4 is 5.73 Å². The monoisotopic (exact) mass is 241 g/mol. The van der Waals surface area contributed by atoms with Gasteiger partial charge in [-0.05, 0) is 23.8 Å². The number of benzene rings is 2. The summed E-state index contributed by atoms with van der Waals surface area (Å²) in [6.45, 7) is 0.330. The quantitative estimate of drug-likeness (QED) is 0.749. The highest BCUT2D eigenvalue weighted by atomic mass is 19.1. The Labute approximate surface area is 104 Å². The zero-order valence-electron chi connectivity index (χ0n) is 9.68. The van der Waals surface area contributed by atoms with Crippen molar-refractivity contribution in [2.45, 2.75) is 6.54 Å². The molecule has 3 rings (SSSR count). The Kier molecular flexibility index (Phi) is 2.57. The molecule has 0 atom stereocenters. The van der Waals surface area contributed by atoms with E-state index in [9.17, 15) is 4.39 Å². The molecule has 0 radical (unpaired) electrons. The standard InChI is InChI=1S/C14H12FN3/c15-12-7-10(8-16)5-6-14(12)18-13-4-2-1-3-11(13)9-17-18/h1-7,9H,8,16H2. The van der Waals surface area contributed by atoms with Crippen LogP contribution in [0.5, 0.6) is 0 Å². The second-order valence-electron chi connectivity index (χ2n) is 4.11. The van der Waals surface area contributed by atoms with Crippen LogP contribution in [0.4, 0.5) is 4.39 Å². The molecule has 2 N–H and O–H groups in total. The lowest BCUT2D eigenvalue weighted by Gasteiger charge is -2.06. The van der Waals surface area contributed by atoms with Gasteiger partial charge in [0.1, 0.15) is 11.5 Å². The Hall–Kier alpha value is -2.20. The first-order chi connectivity index (χ1) is 8.79. The van der Waals surface area contributed by atoms with Gasteiger partial charge in [0.15, 0.2) is 0 Å². The Balaban J connectivity index is 2.20. The number of hydrogen-bond donors (Lipinski definition) is 1. The number of nitrogens with zero attached hydrogens (tertiary/aromatic N) is 2. The van der Waals surface area contributed by atoms with Gasteiger partial charge in [0.25, 0.3) is 0 Å². The molecule has 0 aliphatic carbocycles. The van der Waals surface area contributed by atoms with Crippen molar-refractivity contribution in [1.29, 1.82) is 0 Å². The van der Waals surface area contributed by atoms with Crippen molar-refractivity contribution in [3.8, 4) is 5.69 Å². The fraction of sp³-hybridized carbons (Fsp3) is 0.0714. The second-order valence-corrected chi connectivity index (χ2v) is 4.11. The van der Waals surface area contributed by atoms with Gasteiger partial charge in [-0.1, -0.05) is 24.3 Å². The lowest BCUT2D eigenvalue weighted by atomic mass is 10.2. The van der Waals surface area contributed by atoms with Crippen LogP contribution in [0.3, 0.4) is 0 Å². The van der Waals surface area contributed by atoms with Crippen molar-refractivity contribution in [2.24, 2.45) is 5.73 Å². The van der Waals surface area contributed by atoms with Crippen LogP contribution in [-0.4, -0.2) is 9.78 Å². The third-order valence-corrected chi connectivity index (χ3v) is 2.95. The molecule has 3 aromatic rings. The lowest BCUT2D eigenvalue weighted by Crippen LogP contribution is -2.02. The molecule has 0 fully saturated rings. The van der Waals surface area contributed by atoms with Crippen LogP contribution in [0.2, 0.25) is 0 Å². The van der Waals surface area contributed by atoms with Crippen LogP contribution in [0.1, 0.15) is 5.56 Å². The molecule has 18 heavy (non-hydrogen) atoms. The highest BCUT2D eigenvalue weighted by Crippen LogP contribution is 2.20. The van der Waals surface area contributed by atoms with E-state index in [-0.39, 0.29) is 5.82 Å². The van der Waals surface area contributed by atoms with Crippen LogP contribution in [0.25, 0.3) is 16.6 Å². The Bertz CT molecular complexity index is 703. The molecule has 3 nitrogen and oxygen atoms in total. The molecule has 0 saturated heterocycles. The number of fused-ring (bicyclic) bond motifs is 1. The highest BCUT2D eigenvalue weighted by Gasteiger charge is 2.09. The smallest absolute Gasteiger partial charge is 0.149 e. The number of halogens is 1. The van der Waals surface area contributed by atoms with Crippen LogP contribution in [-0.2, 0) is 6.54 Å². The highest BCUT2D eigenvalue weighted by molar-refractivity contribution is 5.80. The summed E-state index contributed by atoms with van der Waals surface area (Å²) in [6, 6.07) is 12.7. The van der Waals surface area contributed by atoms with Crippen molar-refractivity contribution in [2.75, 3.05) is 0 Å². The minimum absolute atomic E-state index is 0.313. The van der Waals surface area contributed by atoms with E-state index in [1.54, 1.807) is 16.9 Å². The molecule has 0 unspecified atom stereocenters. The van der Waals surface area contributed by atoms with Gasteiger partial charge in [0.05, 0.1) is 11.7 Å². The van der Waals surface area contributed by atoms with Crippen LogP contribution >= 0.6 is 0 Å². The summed E-state index contributed by atoms with van der Waals surface area (Å²) in [5.74, 6) is -0.313. The summed E-state index contributed by atoms with van der Waals surface area (Å²) in [7, 11) is 0.